The van der Waals surface area contributed by atoms with Crippen LogP contribution in [0.15, 0.2) is 48.5 Å². The van der Waals surface area contributed by atoms with Gasteiger partial charge in [0.1, 0.15) is 5.82 Å². The molecule has 0 unspecified atom stereocenters. The summed E-state index contributed by atoms with van der Waals surface area (Å²) < 4.78 is 1.92. The Morgan fingerprint density at radius 1 is 0.903 bits per heavy atom. The molecule has 5 heteroatoms. The second kappa shape index (κ2) is 8.98. The minimum atomic E-state index is 0. The van der Waals surface area contributed by atoms with Crippen LogP contribution in [-0.4, -0.2) is 14.8 Å². The summed E-state index contributed by atoms with van der Waals surface area (Å²) in [5.74, 6) is 1.48. The van der Waals surface area contributed by atoms with Crippen molar-refractivity contribution in [3.63, 3.8) is 0 Å². The molecule has 3 aromatic carbocycles. The molecule has 0 bridgehead atoms. The van der Waals surface area contributed by atoms with E-state index in [9.17, 15) is 5.26 Å². The maximum absolute atomic E-state index is 9.29. The molecule has 1 heterocycles. The Bertz CT molecular complexity index is 1290. The van der Waals surface area contributed by atoms with E-state index in [1.165, 1.54) is 5.56 Å². The third-order valence-electron chi connectivity index (χ3n) is 5.28. The third kappa shape index (κ3) is 4.37. The molecule has 1 radical (unpaired) electrons. The van der Waals surface area contributed by atoms with Gasteiger partial charge in [0.25, 0.3) is 0 Å². The van der Waals surface area contributed by atoms with Crippen LogP contribution in [0, 0.1) is 52.0 Å². The van der Waals surface area contributed by atoms with Crippen molar-refractivity contribution in [2.45, 2.75) is 34.6 Å². The van der Waals surface area contributed by atoms with E-state index in [0.29, 0.717) is 11.4 Å². The SMILES string of the molecule is Cc1cc(C)c(-n2nc(C)nc2-c2[c-]ccc(-c3cc(C#N)ccc3C)c2)c(C)c1.[Ir]. The first-order chi connectivity index (χ1) is 14.4. The minimum absolute atomic E-state index is 0. The zero-order valence-electron chi connectivity index (χ0n) is 18.2. The van der Waals surface area contributed by atoms with E-state index >= 15 is 0 Å². The van der Waals surface area contributed by atoms with Crippen LogP contribution in [0.2, 0.25) is 0 Å². The van der Waals surface area contributed by atoms with Crippen molar-refractivity contribution in [3.05, 3.63) is 88.2 Å². The van der Waals surface area contributed by atoms with Gasteiger partial charge in [-0.05, 0) is 69.0 Å². The van der Waals surface area contributed by atoms with E-state index in [2.05, 4.69) is 58.0 Å². The maximum Gasteiger partial charge on any atom is 0.137 e. The van der Waals surface area contributed by atoms with Gasteiger partial charge in [0, 0.05) is 20.1 Å². The van der Waals surface area contributed by atoms with Gasteiger partial charge >= 0.3 is 0 Å². The average Bonchev–Trinajstić information content (AvgIpc) is 3.09. The van der Waals surface area contributed by atoms with Crippen LogP contribution in [0.3, 0.4) is 0 Å². The topological polar surface area (TPSA) is 54.5 Å². The van der Waals surface area contributed by atoms with Gasteiger partial charge in [-0.3, -0.25) is 9.67 Å². The van der Waals surface area contributed by atoms with Gasteiger partial charge in [0.05, 0.1) is 23.1 Å². The standard InChI is InChI=1S/C26H23N4.Ir/c1-16-11-18(3)25(19(4)12-16)30-26(28-20(5)29-30)23-8-6-7-22(14-23)24-13-21(15-27)10-9-17(24)2;/h6-7,9-14H,1-5H3;/q-1;. The second-order valence-corrected chi connectivity index (χ2v) is 7.77. The molecule has 0 aliphatic heterocycles. The fourth-order valence-corrected chi connectivity index (χ4v) is 4.02. The molecular formula is C26H23IrN4-. The molecular weight excluding hydrogens is 561 g/mol. The number of nitrogens with zero attached hydrogens (tertiary/aromatic N) is 4. The number of aromatic nitrogens is 3. The van der Waals surface area contributed by atoms with Crippen molar-refractivity contribution in [3.8, 4) is 34.3 Å². The average molecular weight is 584 g/mol. The van der Waals surface area contributed by atoms with Crippen LogP contribution >= 0.6 is 0 Å². The quantitative estimate of drug-likeness (QED) is 0.286. The van der Waals surface area contributed by atoms with Crippen LogP contribution in [-0.2, 0) is 20.1 Å². The van der Waals surface area contributed by atoms with Crippen molar-refractivity contribution in [1.29, 1.82) is 5.26 Å². The van der Waals surface area contributed by atoms with Crippen LogP contribution in [0.5, 0.6) is 0 Å². The van der Waals surface area contributed by atoms with Gasteiger partial charge in [-0.25, -0.2) is 0 Å². The van der Waals surface area contributed by atoms with Crippen molar-refractivity contribution >= 4 is 0 Å². The summed E-state index contributed by atoms with van der Waals surface area (Å²) in [5.41, 5.74) is 9.31. The van der Waals surface area contributed by atoms with Gasteiger partial charge in [-0.1, -0.05) is 23.8 Å². The van der Waals surface area contributed by atoms with Crippen molar-refractivity contribution in [2.75, 3.05) is 0 Å². The molecule has 0 aliphatic rings. The van der Waals surface area contributed by atoms with Crippen molar-refractivity contribution in [1.82, 2.24) is 14.8 Å². The zero-order chi connectivity index (χ0) is 21.4. The molecule has 0 N–H and O–H groups in total. The van der Waals surface area contributed by atoms with E-state index in [-0.39, 0.29) is 20.1 Å². The third-order valence-corrected chi connectivity index (χ3v) is 5.28. The number of hydrogen-bond acceptors (Lipinski definition) is 3. The first-order valence-corrected chi connectivity index (χ1v) is 9.92. The predicted octanol–water partition coefficient (Wildman–Crippen LogP) is 5.81. The Kier molecular flexibility index (Phi) is 6.55. The van der Waals surface area contributed by atoms with Crippen molar-refractivity contribution in [2.24, 2.45) is 0 Å². The summed E-state index contributed by atoms with van der Waals surface area (Å²) in [4.78, 5) is 4.72. The van der Waals surface area contributed by atoms with Gasteiger partial charge in [-0.2, -0.15) is 10.4 Å². The van der Waals surface area contributed by atoms with E-state index in [1.807, 2.05) is 41.9 Å². The molecule has 0 atom stereocenters. The molecule has 4 aromatic rings. The summed E-state index contributed by atoms with van der Waals surface area (Å²) in [7, 11) is 0. The smallest absolute Gasteiger partial charge is 0.137 e. The Hall–Kier alpha value is -3.06. The minimum Gasteiger partial charge on any atom is -0.262 e. The fourth-order valence-electron chi connectivity index (χ4n) is 4.02. The number of aryl methyl sites for hydroxylation is 5. The first kappa shape index (κ1) is 22.6. The molecule has 1 aromatic heterocycles. The Morgan fingerprint density at radius 2 is 1.61 bits per heavy atom. The van der Waals surface area contributed by atoms with E-state index in [0.717, 1.165) is 44.9 Å². The molecule has 4 nitrogen and oxygen atoms in total. The van der Waals surface area contributed by atoms with Gasteiger partial charge < -0.3 is 0 Å². The molecule has 0 fully saturated rings. The summed E-state index contributed by atoms with van der Waals surface area (Å²) in [6, 6.07) is 21.6. The zero-order valence-corrected chi connectivity index (χ0v) is 20.6. The van der Waals surface area contributed by atoms with Crippen LogP contribution in [0.4, 0.5) is 0 Å². The summed E-state index contributed by atoms with van der Waals surface area (Å²) in [6.45, 7) is 10.3. The van der Waals surface area contributed by atoms with Crippen LogP contribution in [0.1, 0.15) is 33.6 Å². The molecule has 0 saturated carbocycles. The maximum atomic E-state index is 9.29. The van der Waals surface area contributed by atoms with Gasteiger partial charge in [0.15, 0.2) is 0 Å². The first-order valence-electron chi connectivity index (χ1n) is 9.92. The second-order valence-electron chi connectivity index (χ2n) is 7.77. The summed E-state index contributed by atoms with van der Waals surface area (Å²) in [6.07, 6.45) is 0. The summed E-state index contributed by atoms with van der Waals surface area (Å²) in [5, 5.41) is 14.0. The van der Waals surface area contributed by atoms with E-state index < -0.39 is 0 Å². The molecule has 0 aliphatic carbocycles. The number of nitriles is 1. The van der Waals surface area contributed by atoms with Crippen molar-refractivity contribution < 1.29 is 20.1 Å². The number of benzene rings is 3. The normalized spacial score (nSPS) is 10.5. The summed E-state index contributed by atoms with van der Waals surface area (Å²) >= 11 is 0. The monoisotopic (exact) mass is 584 g/mol. The molecule has 0 saturated heterocycles. The Morgan fingerprint density at radius 3 is 2.29 bits per heavy atom. The molecule has 0 spiro atoms. The predicted molar refractivity (Wildman–Crippen MR) is 119 cm³/mol. The Labute approximate surface area is 196 Å². The molecule has 4 rings (SSSR count). The number of rotatable bonds is 3. The van der Waals surface area contributed by atoms with Gasteiger partial charge in [0.2, 0.25) is 0 Å². The molecule has 157 valence electrons. The van der Waals surface area contributed by atoms with E-state index in [4.69, 9.17) is 10.1 Å². The fraction of sp³-hybridized carbons (Fsp3) is 0.192. The van der Waals surface area contributed by atoms with Gasteiger partial charge in [-0.15, -0.1) is 35.4 Å². The van der Waals surface area contributed by atoms with E-state index in [1.54, 1.807) is 0 Å². The van der Waals surface area contributed by atoms with Crippen LogP contribution in [0.25, 0.3) is 28.2 Å². The van der Waals surface area contributed by atoms with Crippen LogP contribution < -0.4 is 0 Å². The molecule has 0 amide bonds. The number of hydrogen-bond donors (Lipinski definition) is 0. The molecule has 31 heavy (non-hydrogen) atoms. The largest absolute Gasteiger partial charge is 0.262 e. The Balaban J connectivity index is 0.00000272.